The first-order chi connectivity index (χ1) is 6.45. The summed E-state index contributed by atoms with van der Waals surface area (Å²) in [5, 5.41) is 5.86. The van der Waals surface area contributed by atoms with E-state index in [0.717, 1.165) is 6.54 Å². The van der Waals surface area contributed by atoms with Crippen LogP contribution in [0.3, 0.4) is 0 Å². The third-order valence-corrected chi connectivity index (χ3v) is 1.55. The quantitative estimate of drug-likeness (QED) is 0.496. The molecule has 0 unspecified atom stereocenters. The Morgan fingerprint density at radius 3 is 2.43 bits per heavy atom. The molecule has 4 heteroatoms. The second kappa shape index (κ2) is 6.79. The van der Waals surface area contributed by atoms with Crippen LogP contribution in [0.5, 0.6) is 0 Å². The molecule has 4 nitrogen and oxygen atoms in total. The number of carbonyl (C=O) groups is 1. The van der Waals surface area contributed by atoms with Gasteiger partial charge in [-0.25, -0.2) is 0 Å². The van der Waals surface area contributed by atoms with Crippen LogP contribution in [0, 0.1) is 0 Å². The normalized spacial score (nSPS) is 11.4. The molecule has 84 valence electrons. The van der Waals surface area contributed by atoms with Crippen molar-refractivity contribution in [2.24, 2.45) is 0 Å². The van der Waals surface area contributed by atoms with E-state index >= 15 is 0 Å². The lowest BCUT2D eigenvalue weighted by Crippen LogP contribution is -2.34. The van der Waals surface area contributed by atoms with E-state index in [-0.39, 0.29) is 11.5 Å². The van der Waals surface area contributed by atoms with Gasteiger partial charge < -0.3 is 10.1 Å². The molecule has 0 aliphatic rings. The lowest BCUT2D eigenvalue weighted by atomic mass is 10.2. The summed E-state index contributed by atoms with van der Waals surface area (Å²) in [6.07, 6.45) is 0.540. The molecule has 14 heavy (non-hydrogen) atoms. The van der Waals surface area contributed by atoms with Gasteiger partial charge in [0.25, 0.3) is 0 Å². The van der Waals surface area contributed by atoms with Gasteiger partial charge in [-0.2, -0.15) is 0 Å². The van der Waals surface area contributed by atoms with Gasteiger partial charge in [-0.1, -0.05) is 6.92 Å². The fourth-order valence-electron chi connectivity index (χ4n) is 0.755. The smallest absolute Gasteiger partial charge is 0.219 e. The summed E-state index contributed by atoms with van der Waals surface area (Å²) in [7, 11) is 0. The van der Waals surface area contributed by atoms with Gasteiger partial charge in [-0.15, -0.1) is 0 Å². The van der Waals surface area contributed by atoms with Crippen LogP contribution in [-0.4, -0.2) is 31.3 Å². The monoisotopic (exact) mass is 202 g/mol. The molecule has 2 N–H and O–H groups in total. The fraction of sp³-hybridized carbons (Fsp3) is 0.900. The maximum absolute atomic E-state index is 10.8. The number of ether oxygens (including phenoxy) is 1. The summed E-state index contributed by atoms with van der Waals surface area (Å²) < 4.78 is 5.44. The predicted molar refractivity (Wildman–Crippen MR) is 57.0 cm³/mol. The van der Waals surface area contributed by atoms with E-state index in [9.17, 15) is 4.79 Å². The van der Waals surface area contributed by atoms with E-state index in [1.807, 2.05) is 27.7 Å². The molecule has 0 spiro atoms. The minimum Gasteiger partial charge on any atom is -0.361 e. The van der Waals surface area contributed by atoms with Crippen molar-refractivity contribution < 1.29 is 9.53 Å². The highest BCUT2D eigenvalue weighted by Crippen LogP contribution is 2.04. The Balaban J connectivity index is 3.18. The second-order valence-corrected chi connectivity index (χ2v) is 4.10. The minimum atomic E-state index is -0.111. The van der Waals surface area contributed by atoms with E-state index < -0.39 is 0 Å². The molecule has 0 heterocycles. The van der Waals surface area contributed by atoms with Gasteiger partial charge in [-0.3, -0.25) is 10.1 Å². The molecule has 0 aromatic carbocycles. The van der Waals surface area contributed by atoms with Crippen LogP contribution in [0.15, 0.2) is 0 Å². The Bertz CT molecular complexity index is 164. The first-order valence-electron chi connectivity index (χ1n) is 5.07. The molecular weight excluding hydrogens is 180 g/mol. The molecule has 0 saturated heterocycles. The zero-order valence-electron chi connectivity index (χ0n) is 9.64. The van der Waals surface area contributed by atoms with Crippen molar-refractivity contribution in [3.05, 3.63) is 0 Å². The summed E-state index contributed by atoms with van der Waals surface area (Å²) in [6, 6.07) is 0. The summed E-state index contributed by atoms with van der Waals surface area (Å²) in [5.41, 5.74) is -0.111. The Kier molecular flexibility index (Phi) is 6.49. The molecular formula is C10H22N2O2. The van der Waals surface area contributed by atoms with Crippen LogP contribution in [-0.2, 0) is 9.53 Å². The summed E-state index contributed by atoms with van der Waals surface area (Å²) in [6.45, 7) is 9.77. The number of hydrogen-bond acceptors (Lipinski definition) is 3. The van der Waals surface area contributed by atoms with E-state index in [1.165, 1.54) is 0 Å². The fourth-order valence-corrected chi connectivity index (χ4v) is 0.755. The van der Waals surface area contributed by atoms with Gasteiger partial charge in [0.1, 0.15) is 0 Å². The number of nitrogens with one attached hydrogen (secondary N) is 2. The van der Waals surface area contributed by atoms with Crippen LogP contribution < -0.4 is 10.6 Å². The zero-order chi connectivity index (χ0) is 11.0. The third kappa shape index (κ3) is 9.48. The van der Waals surface area contributed by atoms with E-state index in [1.54, 1.807) is 0 Å². The highest BCUT2D eigenvalue weighted by molar-refractivity contribution is 5.75. The van der Waals surface area contributed by atoms with Crippen molar-refractivity contribution in [2.75, 3.05) is 19.8 Å². The molecule has 0 rings (SSSR count). The van der Waals surface area contributed by atoms with Crippen molar-refractivity contribution in [2.45, 2.75) is 39.7 Å². The molecule has 0 atom stereocenters. The van der Waals surface area contributed by atoms with Gasteiger partial charge in [0.2, 0.25) is 5.91 Å². The molecule has 0 fully saturated rings. The Hall–Kier alpha value is -0.610. The molecule has 0 aliphatic carbocycles. The third-order valence-electron chi connectivity index (χ3n) is 1.55. The van der Waals surface area contributed by atoms with Gasteiger partial charge in [-0.05, 0) is 20.8 Å². The molecule has 0 aromatic heterocycles. The Morgan fingerprint density at radius 2 is 1.93 bits per heavy atom. The van der Waals surface area contributed by atoms with Crippen LogP contribution in [0.25, 0.3) is 0 Å². The number of rotatable bonds is 6. The SMILES string of the molecule is CCC(=O)NCCNCOC(C)(C)C. The van der Waals surface area contributed by atoms with E-state index in [2.05, 4.69) is 10.6 Å². The summed E-state index contributed by atoms with van der Waals surface area (Å²) in [4.78, 5) is 10.8. The van der Waals surface area contributed by atoms with Crippen LogP contribution in [0.4, 0.5) is 0 Å². The average Bonchev–Trinajstić information content (AvgIpc) is 2.08. The van der Waals surface area contributed by atoms with Crippen molar-refractivity contribution >= 4 is 5.91 Å². The Labute approximate surface area is 86.4 Å². The highest BCUT2D eigenvalue weighted by atomic mass is 16.5. The standard InChI is InChI=1S/C10H22N2O2/c1-5-9(13)12-7-6-11-8-14-10(2,3)4/h11H,5-8H2,1-4H3,(H,12,13). The first-order valence-corrected chi connectivity index (χ1v) is 5.07. The van der Waals surface area contributed by atoms with Gasteiger partial charge in [0.05, 0.1) is 12.3 Å². The lowest BCUT2D eigenvalue weighted by Gasteiger charge is -2.19. The first kappa shape index (κ1) is 13.4. The summed E-state index contributed by atoms with van der Waals surface area (Å²) >= 11 is 0. The molecule has 0 saturated carbocycles. The minimum absolute atomic E-state index is 0.0866. The number of hydrogen-bond donors (Lipinski definition) is 2. The Morgan fingerprint density at radius 1 is 1.29 bits per heavy atom. The van der Waals surface area contributed by atoms with Crippen LogP contribution in [0.2, 0.25) is 0 Å². The topological polar surface area (TPSA) is 50.4 Å². The number of carbonyl (C=O) groups excluding carboxylic acids is 1. The van der Waals surface area contributed by atoms with E-state index in [0.29, 0.717) is 19.7 Å². The molecule has 0 aliphatic heterocycles. The van der Waals surface area contributed by atoms with Crippen molar-refractivity contribution in [3.8, 4) is 0 Å². The lowest BCUT2D eigenvalue weighted by molar-refractivity contribution is -0.120. The number of amides is 1. The average molecular weight is 202 g/mol. The van der Waals surface area contributed by atoms with Gasteiger partial charge in [0.15, 0.2) is 0 Å². The van der Waals surface area contributed by atoms with E-state index in [4.69, 9.17) is 4.74 Å². The predicted octanol–water partition coefficient (Wildman–Crippen LogP) is 0.875. The second-order valence-electron chi connectivity index (χ2n) is 4.10. The highest BCUT2D eigenvalue weighted by Gasteiger charge is 2.08. The largest absolute Gasteiger partial charge is 0.361 e. The molecule has 0 bridgehead atoms. The van der Waals surface area contributed by atoms with Crippen LogP contribution in [0.1, 0.15) is 34.1 Å². The van der Waals surface area contributed by atoms with Crippen LogP contribution >= 0.6 is 0 Å². The molecule has 0 aromatic rings. The zero-order valence-corrected chi connectivity index (χ0v) is 9.64. The van der Waals surface area contributed by atoms with Gasteiger partial charge >= 0.3 is 0 Å². The molecule has 0 radical (unpaired) electrons. The van der Waals surface area contributed by atoms with Crippen molar-refractivity contribution in [1.29, 1.82) is 0 Å². The van der Waals surface area contributed by atoms with Crippen molar-refractivity contribution in [3.63, 3.8) is 0 Å². The van der Waals surface area contributed by atoms with Gasteiger partial charge in [0, 0.05) is 19.5 Å². The maximum atomic E-state index is 10.8. The summed E-state index contributed by atoms with van der Waals surface area (Å²) in [5.74, 6) is 0.0866. The van der Waals surface area contributed by atoms with Crippen molar-refractivity contribution in [1.82, 2.24) is 10.6 Å². The molecule has 1 amide bonds. The maximum Gasteiger partial charge on any atom is 0.219 e.